The molecule has 0 aliphatic heterocycles. The van der Waals surface area contributed by atoms with E-state index in [1.807, 2.05) is 0 Å². The van der Waals surface area contributed by atoms with Gasteiger partial charge in [0.05, 0.1) is 0 Å². The van der Waals surface area contributed by atoms with E-state index in [1.54, 1.807) is 0 Å². The molecule has 0 aromatic rings. The Morgan fingerprint density at radius 2 is 1.68 bits per heavy atom. The van der Waals surface area contributed by atoms with Crippen molar-refractivity contribution >= 4 is 11.9 Å². The van der Waals surface area contributed by atoms with Crippen LogP contribution in [0.4, 0.5) is 0 Å². The average molecular weight is 276 g/mol. The van der Waals surface area contributed by atoms with Crippen molar-refractivity contribution in [2.24, 2.45) is 22.9 Å². The zero-order valence-electron chi connectivity index (χ0n) is 11.0. The summed E-state index contributed by atoms with van der Waals surface area (Å²) in [6, 6.07) is -1.72. The van der Waals surface area contributed by atoms with Crippen LogP contribution in [0, 0.1) is 0 Å². The highest BCUT2D eigenvalue weighted by atomic mass is 16.5. The minimum Gasteiger partial charge on any atom is -0.480 e. The first-order valence-corrected chi connectivity index (χ1v) is 6.27. The number of rotatable bonds is 10. The van der Waals surface area contributed by atoms with Gasteiger partial charge in [-0.15, -0.1) is 0 Å². The number of carbonyl (C=O) groups excluding carboxylic acids is 1. The third-order valence-corrected chi connectivity index (χ3v) is 2.68. The van der Waals surface area contributed by atoms with E-state index in [1.165, 1.54) is 0 Å². The van der Waals surface area contributed by atoms with Crippen molar-refractivity contribution in [2.75, 3.05) is 13.1 Å². The number of ether oxygens (including phenoxy) is 1. The average Bonchev–Trinajstić information content (AvgIpc) is 2.39. The van der Waals surface area contributed by atoms with Gasteiger partial charge in [0.25, 0.3) is 0 Å². The normalized spacial score (nSPS) is 15.6. The van der Waals surface area contributed by atoms with Gasteiger partial charge in [0.1, 0.15) is 18.2 Å². The second-order valence-corrected chi connectivity index (χ2v) is 4.35. The maximum absolute atomic E-state index is 11.6. The van der Waals surface area contributed by atoms with Crippen LogP contribution in [0.25, 0.3) is 0 Å². The zero-order valence-corrected chi connectivity index (χ0v) is 11.0. The molecule has 3 atom stereocenters. The molecule has 0 aromatic heterocycles. The molecule has 0 saturated carbocycles. The van der Waals surface area contributed by atoms with Crippen molar-refractivity contribution in [1.82, 2.24) is 0 Å². The Labute approximate surface area is 112 Å². The summed E-state index contributed by atoms with van der Waals surface area (Å²) in [4.78, 5) is 22.2. The molecule has 0 rings (SSSR count). The van der Waals surface area contributed by atoms with Gasteiger partial charge in [-0.05, 0) is 32.2 Å². The van der Waals surface area contributed by atoms with E-state index in [-0.39, 0.29) is 13.0 Å². The van der Waals surface area contributed by atoms with E-state index in [0.717, 1.165) is 0 Å². The van der Waals surface area contributed by atoms with Crippen LogP contribution in [0.5, 0.6) is 0 Å². The van der Waals surface area contributed by atoms with Crippen LogP contribution in [-0.2, 0) is 14.3 Å². The maximum Gasteiger partial charge on any atom is 0.323 e. The lowest BCUT2D eigenvalue weighted by Gasteiger charge is -2.19. The lowest BCUT2D eigenvalue weighted by atomic mass is 10.1. The first kappa shape index (κ1) is 17.8. The van der Waals surface area contributed by atoms with Crippen LogP contribution in [0.15, 0.2) is 0 Å². The molecule has 1 unspecified atom stereocenters. The third kappa shape index (κ3) is 7.73. The molecule has 112 valence electrons. The molecule has 19 heavy (non-hydrogen) atoms. The molecule has 0 amide bonds. The lowest BCUT2D eigenvalue weighted by molar-refractivity contribution is -0.150. The van der Waals surface area contributed by atoms with Gasteiger partial charge in [-0.25, -0.2) is 0 Å². The largest absolute Gasteiger partial charge is 0.480 e. The highest BCUT2D eigenvalue weighted by molar-refractivity contribution is 5.75. The second kappa shape index (κ2) is 9.68. The van der Waals surface area contributed by atoms with E-state index in [0.29, 0.717) is 25.8 Å². The van der Waals surface area contributed by atoms with Crippen LogP contribution in [-0.4, -0.2) is 48.3 Å². The monoisotopic (exact) mass is 276 g/mol. The molecule has 0 radical (unpaired) electrons. The van der Waals surface area contributed by atoms with Gasteiger partial charge in [0.15, 0.2) is 0 Å². The van der Waals surface area contributed by atoms with Gasteiger partial charge in [0, 0.05) is 6.54 Å². The lowest BCUT2D eigenvalue weighted by Crippen LogP contribution is -2.39. The highest BCUT2D eigenvalue weighted by Crippen LogP contribution is 2.06. The van der Waals surface area contributed by atoms with Crippen molar-refractivity contribution in [2.45, 2.75) is 43.9 Å². The molecular weight excluding hydrogens is 252 g/mol. The molecular formula is C11H24N4O4. The molecule has 0 spiro atoms. The predicted octanol–water partition coefficient (Wildman–Crippen LogP) is -1.88. The van der Waals surface area contributed by atoms with E-state index in [9.17, 15) is 9.59 Å². The van der Waals surface area contributed by atoms with Crippen molar-refractivity contribution in [1.29, 1.82) is 0 Å². The minimum atomic E-state index is -1.10. The van der Waals surface area contributed by atoms with Gasteiger partial charge in [-0.1, -0.05) is 0 Å². The fraction of sp³-hybridized carbons (Fsp3) is 0.818. The number of carboxylic acid groups (broad SMARTS) is 1. The van der Waals surface area contributed by atoms with Crippen LogP contribution >= 0.6 is 0 Å². The van der Waals surface area contributed by atoms with E-state index < -0.39 is 30.1 Å². The fourth-order valence-corrected chi connectivity index (χ4v) is 1.42. The van der Waals surface area contributed by atoms with Crippen LogP contribution in [0.3, 0.4) is 0 Å². The zero-order chi connectivity index (χ0) is 14.8. The summed E-state index contributed by atoms with van der Waals surface area (Å²) in [5, 5.41) is 8.64. The summed E-state index contributed by atoms with van der Waals surface area (Å²) in [6.07, 6.45) is 0.984. The van der Waals surface area contributed by atoms with Gasteiger partial charge in [0.2, 0.25) is 0 Å². The van der Waals surface area contributed by atoms with Crippen LogP contribution in [0.1, 0.15) is 25.7 Å². The number of carboxylic acids is 1. The summed E-state index contributed by atoms with van der Waals surface area (Å²) >= 11 is 0. The molecule has 0 heterocycles. The summed E-state index contributed by atoms with van der Waals surface area (Å²) in [7, 11) is 0. The van der Waals surface area contributed by atoms with Crippen LogP contribution in [0.2, 0.25) is 0 Å². The Kier molecular flexibility index (Phi) is 9.06. The topological polar surface area (TPSA) is 168 Å². The first-order chi connectivity index (χ1) is 8.92. The van der Waals surface area contributed by atoms with Crippen LogP contribution < -0.4 is 22.9 Å². The number of esters is 1. The highest BCUT2D eigenvalue weighted by Gasteiger charge is 2.21. The Morgan fingerprint density at radius 3 is 2.16 bits per heavy atom. The van der Waals surface area contributed by atoms with Gasteiger partial charge < -0.3 is 32.8 Å². The predicted molar refractivity (Wildman–Crippen MR) is 70.0 cm³/mol. The van der Waals surface area contributed by atoms with Crippen molar-refractivity contribution < 1.29 is 19.4 Å². The molecule has 0 bridgehead atoms. The molecule has 0 fully saturated rings. The quantitative estimate of drug-likeness (QED) is 0.289. The molecule has 0 aliphatic carbocycles. The molecule has 9 N–H and O–H groups in total. The van der Waals surface area contributed by atoms with Gasteiger partial charge >= 0.3 is 11.9 Å². The SMILES string of the molecule is NCCC[C@@H](N)C(=O)OC(CN)CC[C@H](N)C(=O)O. The third-order valence-electron chi connectivity index (χ3n) is 2.68. The van der Waals surface area contributed by atoms with Crippen molar-refractivity contribution in [3.8, 4) is 0 Å². The Morgan fingerprint density at radius 1 is 1.05 bits per heavy atom. The minimum absolute atomic E-state index is 0.0989. The summed E-state index contributed by atoms with van der Waals surface area (Å²) < 4.78 is 5.11. The Hall–Kier alpha value is -1.22. The van der Waals surface area contributed by atoms with Gasteiger partial charge in [-0.2, -0.15) is 0 Å². The number of hydrogen-bond acceptors (Lipinski definition) is 7. The van der Waals surface area contributed by atoms with Gasteiger partial charge in [-0.3, -0.25) is 9.59 Å². The summed E-state index contributed by atoms with van der Waals surface area (Å²) in [6.45, 7) is 0.552. The Bertz CT molecular complexity index is 288. The summed E-state index contributed by atoms with van der Waals surface area (Å²) in [5.41, 5.74) is 21.8. The second-order valence-electron chi connectivity index (χ2n) is 4.35. The number of hydrogen-bond donors (Lipinski definition) is 5. The molecule has 0 aromatic carbocycles. The van der Waals surface area contributed by atoms with E-state index >= 15 is 0 Å². The number of nitrogens with two attached hydrogens (primary N) is 4. The smallest absolute Gasteiger partial charge is 0.323 e. The maximum atomic E-state index is 11.6. The summed E-state index contributed by atoms with van der Waals surface area (Å²) in [5.74, 6) is -1.64. The molecule has 0 aliphatic rings. The van der Waals surface area contributed by atoms with E-state index in [2.05, 4.69) is 0 Å². The first-order valence-electron chi connectivity index (χ1n) is 6.27. The fourth-order valence-electron chi connectivity index (χ4n) is 1.42. The standard InChI is InChI=1S/C11H24N4O4/c12-5-1-2-9(15)11(18)19-7(6-13)3-4-8(14)10(16)17/h7-9H,1-6,12-15H2,(H,16,17)/t7?,8-,9+/m0/s1. The molecule has 8 nitrogen and oxygen atoms in total. The molecule has 8 heteroatoms. The van der Waals surface area contributed by atoms with Crippen molar-refractivity contribution in [3.63, 3.8) is 0 Å². The number of carbonyl (C=O) groups is 2. The Balaban J connectivity index is 4.10. The molecule has 0 saturated heterocycles. The van der Waals surface area contributed by atoms with Crippen molar-refractivity contribution in [3.05, 3.63) is 0 Å². The number of aliphatic carboxylic acids is 1. The van der Waals surface area contributed by atoms with E-state index in [4.69, 9.17) is 32.8 Å².